The first-order chi connectivity index (χ1) is 12.0. The highest BCUT2D eigenvalue weighted by molar-refractivity contribution is 5.94. The number of hydrogen-bond acceptors (Lipinski definition) is 2. The van der Waals surface area contributed by atoms with Gasteiger partial charge in [-0.25, -0.2) is 9.07 Å². The van der Waals surface area contributed by atoms with E-state index in [-0.39, 0.29) is 17.8 Å². The fourth-order valence-corrected chi connectivity index (χ4v) is 2.56. The molecule has 3 rings (SSSR count). The molecule has 0 atom stereocenters. The van der Waals surface area contributed by atoms with Crippen LogP contribution in [-0.2, 0) is 0 Å². The molecule has 1 aromatic heterocycles. The maximum atomic E-state index is 14.1. The van der Waals surface area contributed by atoms with Crippen LogP contribution in [0.25, 0.3) is 16.9 Å². The number of halogens is 1. The lowest BCUT2D eigenvalue weighted by molar-refractivity contribution is 0.0935. The molecule has 1 amide bonds. The van der Waals surface area contributed by atoms with Crippen LogP contribution >= 0.6 is 0 Å². The van der Waals surface area contributed by atoms with E-state index in [9.17, 15) is 9.18 Å². The lowest BCUT2D eigenvalue weighted by Crippen LogP contribution is -2.31. The first-order valence-corrected chi connectivity index (χ1v) is 8.18. The van der Waals surface area contributed by atoms with Crippen molar-refractivity contribution in [3.05, 3.63) is 71.7 Å². The van der Waals surface area contributed by atoms with Gasteiger partial charge in [0.1, 0.15) is 11.5 Å². The summed E-state index contributed by atoms with van der Waals surface area (Å²) < 4.78 is 15.7. The molecular weight excluding hydrogens is 317 g/mol. The second-order valence-electron chi connectivity index (χ2n) is 6.27. The van der Waals surface area contributed by atoms with Crippen LogP contribution in [0.15, 0.2) is 54.6 Å². The summed E-state index contributed by atoms with van der Waals surface area (Å²) in [6, 6.07) is 15.7. The summed E-state index contributed by atoms with van der Waals surface area (Å²) in [6.45, 7) is 5.77. The van der Waals surface area contributed by atoms with Gasteiger partial charge < -0.3 is 5.32 Å². The molecule has 3 aromatic rings. The Hall–Kier alpha value is -2.95. The Kier molecular flexibility index (Phi) is 4.65. The Balaban J connectivity index is 2.13. The van der Waals surface area contributed by atoms with Gasteiger partial charge in [0.15, 0.2) is 0 Å². The van der Waals surface area contributed by atoms with Gasteiger partial charge in [-0.15, -0.1) is 0 Å². The van der Waals surface area contributed by atoms with Crippen molar-refractivity contribution in [3.8, 4) is 16.9 Å². The normalized spacial score (nSPS) is 10.9. The summed E-state index contributed by atoms with van der Waals surface area (Å²) in [4.78, 5) is 12.6. The average Bonchev–Trinajstić information content (AvgIpc) is 3.00. The molecule has 2 aromatic carbocycles. The van der Waals surface area contributed by atoms with Crippen LogP contribution < -0.4 is 5.32 Å². The number of hydrogen-bond donors (Lipinski definition) is 1. The summed E-state index contributed by atoms with van der Waals surface area (Å²) in [5.74, 6) is -0.613. The van der Waals surface area contributed by atoms with E-state index in [1.54, 1.807) is 28.9 Å². The van der Waals surface area contributed by atoms with Crippen molar-refractivity contribution in [2.75, 3.05) is 0 Å². The molecule has 1 heterocycles. The number of benzene rings is 2. The van der Waals surface area contributed by atoms with Gasteiger partial charge >= 0.3 is 0 Å². The molecule has 0 bridgehead atoms. The summed E-state index contributed by atoms with van der Waals surface area (Å²) in [5, 5.41) is 7.35. The highest BCUT2D eigenvalue weighted by atomic mass is 19.1. The van der Waals surface area contributed by atoms with E-state index in [1.165, 1.54) is 6.07 Å². The van der Waals surface area contributed by atoms with Gasteiger partial charge in [-0.2, -0.15) is 5.10 Å². The van der Waals surface area contributed by atoms with Crippen molar-refractivity contribution in [2.45, 2.75) is 26.8 Å². The van der Waals surface area contributed by atoms with Crippen molar-refractivity contribution < 1.29 is 9.18 Å². The van der Waals surface area contributed by atoms with E-state index in [2.05, 4.69) is 10.4 Å². The molecule has 0 aliphatic carbocycles. The third-order valence-corrected chi connectivity index (χ3v) is 3.79. The molecule has 4 nitrogen and oxygen atoms in total. The Labute approximate surface area is 146 Å². The highest BCUT2D eigenvalue weighted by Gasteiger charge is 2.19. The zero-order valence-corrected chi connectivity index (χ0v) is 14.5. The predicted molar refractivity (Wildman–Crippen MR) is 96.3 cm³/mol. The minimum absolute atomic E-state index is 0.00854. The maximum absolute atomic E-state index is 14.1. The molecule has 5 heteroatoms. The second kappa shape index (κ2) is 6.89. The smallest absolute Gasteiger partial charge is 0.270 e. The predicted octanol–water partition coefficient (Wildman–Crippen LogP) is 4.13. The van der Waals surface area contributed by atoms with Crippen LogP contribution in [0.4, 0.5) is 4.39 Å². The Morgan fingerprint density at radius 3 is 2.44 bits per heavy atom. The van der Waals surface area contributed by atoms with Crippen LogP contribution in [0.3, 0.4) is 0 Å². The van der Waals surface area contributed by atoms with Gasteiger partial charge in [-0.1, -0.05) is 29.8 Å². The van der Waals surface area contributed by atoms with Gasteiger partial charge in [0.2, 0.25) is 0 Å². The lowest BCUT2D eigenvalue weighted by atomic mass is 10.1. The van der Waals surface area contributed by atoms with Gasteiger partial charge in [-0.05, 0) is 51.1 Å². The van der Waals surface area contributed by atoms with E-state index in [0.717, 1.165) is 11.3 Å². The van der Waals surface area contributed by atoms with Crippen LogP contribution in [-0.4, -0.2) is 21.7 Å². The van der Waals surface area contributed by atoms with Crippen molar-refractivity contribution in [2.24, 2.45) is 0 Å². The van der Waals surface area contributed by atoms with E-state index in [0.29, 0.717) is 17.0 Å². The molecule has 0 saturated heterocycles. The molecule has 128 valence electrons. The number of aryl methyl sites for hydroxylation is 1. The highest BCUT2D eigenvalue weighted by Crippen LogP contribution is 2.24. The van der Waals surface area contributed by atoms with E-state index >= 15 is 0 Å². The molecule has 0 radical (unpaired) electrons. The van der Waals surface area contributed by atoms with Crippen molar-refractivity contribution in [1.82, 2.24) is 15.1 Å². The number of amides is 1. The fourth-order valence-electron chi connectivity index (χ4n) is 2.56. The maximum Gasteiger partial charge on any atom is 0.270 e. The third-order valence-electron chi connectivity index (χ3n) is 3.79. The lowest BCUT2D eigenvalue weighted by Gasteiger charge is -2.10. The first kappa shape index (κ1) is 16.9. The number of nitrogens with one attached hydrogen (secondary N) is 1. The van der Waals surface area contributed by atoms with Crippen LogP contribution in [0, 0.1) is 12.7 Å². The summed E-state index contributed by atoms with van der Waals surface area (Å²) in [6.07, 6.45) is 0. The molecule has 1 N–H and O–H groups in total. The standard InChI is InChI=1S/C20H20FN3O/c1-13(2)22-20(25)19-12-18(16-6-4-5-7-17(16)21)23-24(19)15-10-8-14(3)9-11-15/h4-13H,1-3H3,(H,22,25). The van der Waals surface area contributed by atoms with Crippen molar-refractivity contribution >= 4 is 5.91 Å². The molecule has 0 aliphatic heterocycles. The van der Waals surface area contributed by atoms with Crippen LogP contribution in [0.2, 0.25) is 0 Å². The molecule has 0 aliphatic rings. The van der Waals surface area contributed by atoms with Crippen LogP contribution in [0.5, 0.6) is 0 Å². The van der Waals surface area contributed by atoms with Crippen molar-refractivity contribution in [1.29, 1.82) is 0 Å². The minimum Gasteiger partial charge on any atom is -0.349 e. The van der Waals surface area contributed by atoms with Crippen molar-refractivity contribution in [3.63, 3.8) is 0 Å². The SMILES string of the molecule is Cc1ccc(-n2nc(-c3ccccc3F)cc2C(=O)NC(C)C)cc1. The van der Waals surface area contributed by atoms with Gasteiger partial charge in [0, 0.05) is 11.6 Å². The Bertz CT molecular complexity index is 898. The Morgan fingerprint density at radius 2 is 1.80 bits per heavy atom. The van der Waals surface area contributed by atoms with E-state index in [1.807, 2.05) is 45.0 Å². The zero-order valence-electron chi connectivity index (χ0n) is 14.5. The molecule has 0 fully saturated rings. The zero-order chi connectivity index (χ0) is 18.0. The van der Waals surface area contributed by atoms with E-state index < -0.39 is 0 Å². The monoisotopic (exact) mass is 337 g/mol. The molecule has 0 saturated carbocycles. The summed E-state index contributed by atoms with van der Waals surface area (Å²) >= 11 is 0. The fraction of sp³-hybridized carbons (Fsp3) is 0.200. The number of nitrogens with zero attached hydrogens (tertiary/aromatic N) is 2. The quantitative estimate of drug-likeness (QED) is 0.778. The molecular formula is C20H20FN3O. The average molecular weight is 337 g/mol. The van der Waals surface area contributed by atoms with Gasteiger partial charge in [-0.3, -0.25) is 4.79 Å². The molecule has 0 spiro atoms. The topological polar surface area (TPSA) is 46.9 Å². The summed E-state index contributed by atoms with van der Waals surface area (Å²) in [5.41, 5.74) is 3.02. The molecule has 0 unspecified atom stereocenters. The van der Waals surface area contributed by atoms with Gasteiger partial charge in [0.05, 0.1) is 11.4 Å². The first-order valence-electron chi connectivity index (χ1n) is 8.18. The third kappa shape index (κ3) is 3.60. The number of aromatic nitrogens is 2. The van der Waals surface area contributed by atoms with E-state index in [4.69, 9.17) is 0 Å². The summed E-state index contributed by atoms with van der Waals surface area (Å²) in [7, 11) is 0. The number of carbonyl (C=O) groups excluding carboxylic acids is 1. The molecule has 25 heavy (non-hydrogen) atoms. The number of carbonyl (C=O) groups is 1. The van der Waals surface area contributed by atoms with Gasteiger partial charge in [0.25, 0.3) is 5.91 Å². The number of rotatable bonds is 4. The largest absolute Gasteiger partial charge is 0.349 e. The van der Waals surface area contributed by atoms with Crippen LogP contribution in [0.1, 0.15) is 29.9 Å². The minimum atomic E-state index is -0.369. The second-order valence-corrected chi connectivity index (χ2v) is 6.27. The Morgan fingerprint density at radius 1 is 1.12 bits per heavy atom.